The third-order valence-corrected chi connectivity index (χ3v) is 4.83. The van der Waals surface area contributed by atoms with Crippen molar-refractivity contribution in [3.63, 3.8) is 0 Å². The molecule has 0 bridgehead atoms. The van der Waals surface area contributed by atoms with E-state index in [0.29, 0.717) is 17.2 Å². The van der Waals surface area contributed by atoms with Gasteiger partial charge in [0.2, 0.25) is 0 Å². The number of methoxy groups -OCH3 is 3. The maximum absolute atomic E-state index is 12.8. The van der Waals surface area contributed by atoms with Crippen LogP contribution in [0.2, 0.25) is 0 Å². The first kappa shape index (κ1) is 22.7. The lowest BCUT2D eigenvalue weighted by Crippen LogP contribution is -2.30. The molecular weight excluding hydrogens is 410 g/mol. The third kappa shape index (κ3) is 5.18. The molecule has 32 heavy (non-hydrogen) atoms. The predicted molar refractivity (Wildman–Crippen MR) is 121 cm³/mol. The fraction of sp³-hybridized carbons (Fsp3) is 0.200. The van der Waals surface area contributed by atoms with Crippen molar-refractivity contribution in [2.24, 2.45) is 0 Å². The van der Waals surface area contributed by atoms with Crippen LogP contribution in [0.25, 0.3) is 11.1 Å². The van der Waals surface area contributed by atoms with Gasteiger partial charge in [-0.2, -0.15) is 0 Å². The molecule has 0 radical (unpaired) electrons. The summed E-state index contributed by atoms with van der Waals surface area (Å²) in [5, 5.41) is 2.71. The molecule has 0 spiro atoms. The molecule has 7 heteroatoms. The van der Waals surface area contributed by atoms with Gasteiger partial charge in [0, 0.05) is 12.1 Å². The molecule has 0 fully saturated rings. The number of rotatable bonds is 8. The minimum absolute atomic E-state index is 0.137. The zero-order valence-electron chi connectivity index (χ0n) is 18.4. The van der Waals surface area contributed by atoms with Crippen molar-refractivity contribution in [2.75, 3.05) is 26.6 Å². The number of esters is 1. The summed E-state index contributed by atoms with van der Waals surface area (Å²) in [4.78, 5) is 25.0. The van der Waals surface area contributed by atoms with Crippen molar-refractivity contribution in [3.8, 4) is 28.4 Å². The summed E-state index contributed by atoms with van der Waals surface area (Å²) >= 11 is 0. The first-order valence-electron chi connectivity index (χ1n) is 9.94. The Morgan fingerprint density at radius 3 is 2.00 bits per heavy atom. The van der Waals surface area contributed by atoms with Crippen LogP contribution in [-0.4, -0.2) is 39.3 Å². The molecule has 3 rings (SSSR count). The van der Waals surface area contributed by atoms with Crippen LogP contribution < -0.4 is 19.5 Å². The predicted octanol–water partition coefficient (Wildman–Crippen LogP) is 4.56. The summed E-state index contributed by atoms with van der Waals surface area (Å²) in [7, 11) is 4.18. The van der Waals surface area contributed by atoms with Crippen LogP contribution >= 0.6 is 0 Å². The highest BCUT2D eigenvalue weighted by molar-refractivity contribution is 6.03. The number of hydrogen-bond donors (Lipinski definition) is 1. The Bertz CT molecular complexity index is 1080. The van der Waals surface area contributed by atoms with Crippen molar-refractivity contribution >= 4 is 17.6 Å². The molecule has 0 saturated heterocycles. The van der Waals surface area contributed by atoms with Gasteiger partial charge in [-0.3, -0.25) is 4.79 Å². The molecule has 0 aliphatic heterocycles. The fourth-order valence-electron chi connectivity index (χ4n) is 3.11. The van der Waals surface area contributed by atoms with Crippen molar-refractivity contribution in [2.45, 2.75) is 13.0 Å². The van der Waals surface area contributed by atoms with Gasteiger partial charge >= 0.3 is 5.97 Å². The summed E-state index contributed by atoms with van der Waals surface area (Å²) in [6, 6.07) is 20.4. The molecule has 0 heterocycles. The van der Waals surface area contributed by atoms with Gasteiger partial charge in [-0.25, -0.2) is 4.79 Å². The van der Waals surface area contributed by atoms with Crippen molar-refractivity contribution in [1.29, 1.82) is 0 Å². The van der Waals surface area contributed by atoms with Crippen LogP contribution in [0.4, 0.5) is 5.69 Å². The maximum Gasteiger partial charge on any atom is 0.340 e. The van der Waals surface area contributed by atoms with E-state index in [4.69, 9.17) is 18.9 Å². The van der Waals surface area contributed by atoms with E-state index in [1.165, 1.54) is 33.5 Å². The Labute approximate surface area is 186 Å². The van der Waals surface area contributed by atoms with Gasteiger partial charge in [0.05, 0.1) is 32.6 Å². The van der Waals surface area contributed by atoms with E-state index in [2.05, 4.69) is 5.32 Å². The standard InChI is InChI=1S/C25H25NO6/c1-16(32-19-12-10-18(11-13-19)17-8-6-5-7-9-17)24(27)26-21-15-23(30-3)22(29-2)14-20(21)25(28)31-4/h5-16H,1-4H3,(H,26,27)/t16-/m1/s1. The number of nitrogens with one attached hydrogen (secondary N) is 1. The SMILES string of the molecule is COC(=O)c1cc(OC)c(OC)cc1NC(=O)[C@@H](C)Oc1ccc(-c2ccccc2)cc1. The van der Waals surface area contributed by atoms with E-state index in [9.17, 15) is 9.59 Å². The Morgan fingerprint density at radius 1 is 0.812 bits per heavy atom. The summed E-state index contributed by atoms with van der Waals surface area (Å²) in [5.74, 6) is 0.197. The van der Waals surface area contributed by atoms with E-state index >= 15 is 0 Å². The smallest absolute Gasteiger partial charge is 0.340 e. The Balaban J connectivity index is 1.74. The van der Waals surface area contributed by atoms with E-state index in [0.717, 1.165) is 11.1 Å². The average Bonchev–Trinajstić information content (AvgIpc) is 2.84. The summed E-state index contributed by atoms with van der Waals surface area (Å²) in [5.41, 5.74) is 2.50. The lowest BCUT2D eigenvalue weighted by Gasteiger charge is -2.18. The van der Waals surface area contributed by atoms with Gasteiger partial charge in [0.1, 0.15) is 5.75 Å². The van der Waals surface area contributed by atoms with Crippen LogP contribution in [0.3, 0.4) is 0 Å². The molecule has 3 aromatic rings. The molecule has 7 nitrogen and oxygen atoms in total. The molecule has 1 amide bonds. The molecule has 0 aromatic heterocycles. The molecule has 0 aliphatic rings. The molecule has 1 atom stereocenters. The third-order valence-electron chi connectivity index (χ3n) is 4.83. The number of ether oxygens (including phenoxy) is 4. The molecular formula is C25H25NO6. The van der Waals surface area contributed by atoms with Gasteiger partial charge in [0.15, 0.2) is 17.6 Å². The van der Waals surface area contributed by atoms with Crippen molar-refractivity contribution in [3.05, 3.63) is 72.3 Å². The summed E-state index contributed by atoms with van der Waals surface area (Å²) in [6.45, 7) is 1.62. The number of hydrogen-bond acceptors (Lipinski definition) is 6. The van der Waals surface area contributed by atoms with E-state index in [1.807, 2.05) is 54.6 Å². The lowest BCUT2D eigenvalue weighted by atomic mass is 10.1. The molecule has 3 aromatic carbocycles. The number of carbonyl (C=O) groups excluding carboxylic acids is 2. The molecule has 0 saturated carbocycles. The van der Waals surface area contributed by atoms with E-state index < -0.39 is 18.0 Å². The van der Waals surface area contributed by atoms with E-state index in [-0.39, 0.29) is 11.3 Å². The van der Waals surface area contributed by atoms with Gasteiger partial charge in [-0.05, 0) is 30.2 Å². The number of carbonyl (C=O) groups is 2. The second-order valence-electron chi connectivity index (χ2n) is 6.88. The first-order valence-corrected chi connectivity index (χ1v) is 9.94. The molecule has 0 unspecified atom stereocenters. The first-order chi connectivity index (χ1) is 15.5. The van der Waals surface area contributed by atoms with Gasteiger partial charge in [0.25, 0.3) is 5.91 Å². The van der Waals surface area contributed by atoms with Crippen LogP contribution in [0.5, 0.6) is 17.2 Å². The highest BCUT2D eigenvalue weighted by Gasteiger charge is 2.22. The van der Waals surface area contributed by atoms with Crippen LogP contribution in [0, 0.1) is 0 Å². The van der Waals surface area contributed by atoms with Gasteiger partial charge < -0.3 is 24.3 Å². The topological polar surface area (TPSA) is 83.1 Å². The Hall–Kier alpha value is -4.00. The maximum atomic E-state index is 12.8. The molecule has 166 valence electrons. The largest absolute Gasteiger partial charge is 0.493 e. The quantitative estimate of drug-likeness (QED) is 0.522. The minimum Gasteiger partial charge on any atom is -0.493 e. The van der Waals surface area contributed by atoms with Gasteiger partial charge in [-0.1, -0.05) is 42.5 Å². The molecule has 0 aliphatic carbocycles. The van der Waals surface area contributed by atoms with Crippen LogP contribution in [0.15, 0.2) is 66.7 Å². The van der Waals surface area contributed by atoms with Crippen LogP contribution in [-0.2, 0) is 9.53 Å². The monoisotopic (exact) mass is 435 g/mol. The average molecular weight is 435 g/mol. The highest BCUT2D eigenvalue weighted by Crippen LogP contribution is 2.34. The van der Waals surface area contributed by atoms with E-state index in [1.54, 1.807) is 6.92 Å². The van der Waals surface area contributed by atoms with Crippen molar-refractivity contribution in [1.82, 2.24) is 0 Å². The highest BCUT2D eigenvalue weighted by atomic mass is 16.5. The minimum atomic E-state index is -0.823. The second-order valence-corrected chi connectivity index (χ2v) is 6.88. The Kier molecular flexibility index (Phi) is 7.33. The summed E-state index contributed by atoms with van der Waals surface area (Å²) < 4.78 is 21.1. The normalized spacial score (nSPS) is 11.2. The second kappa shape index (κ2) is 10.3. The van der Waals surface area contributed by atoms with Crippen molar-refractivity contribution < 1.29 is 28.5 Å². The zero-order valence-corrected chi connectivity index (χ0v) is 18.4. The fourth-order valence-corrected chi connectivity index (χ4v) is 3.11. The lowest BCUT2D eigenvalue weighted by molar-refractivity contribution is -0.122. The number of anilines is 1. The zero-order chi connectivity index (χ0) is 23.1. The summed E-state index contributed by atoms with van der Waals surface area (Å²) in [6.07, 6.45) is -0.823. The molecule has 1 N–H and O–H groups in total. The number of amides is 1. The Morgan fingerprint density at radius 2 is 1.41 bits per heavy atom. The number of benzene rings is 3. The van der Waals surface area contributed by atoms with Gasteiger partial charge in [-0.15, -0.1) is 0 Å². The van der Waals surface area contributed by atoms with Crippen LogP contribution in [0.1, 0.15) is 17.3 Å².